The van der Waals surface area contributed by atoms with Crippen LogP contribution in [0, 0.1) is 0 Å². The average molecular weight is 471 g/mol. The first-order valence-electron chi connectivity index (χ1n) is 11.1. The number of carbonyl (C=O) groups excluding carboxylic acids is 2. The van der Waals surface area contributed by atoms with Gasteiger partial charge < -0.3 is 30.3 Å². The Bertz CT molecular complexity index is 996. The number of carboxylic acids is 1. The predicted molar refractivity (Wildman–Crippen MR) is 124 cm³/mol. The predicted octanol–water partition coefficient (Wildman–Crippen LogP) is 2.27. The summed E-state index contributed by atoms with van der Waals surface area (Å²) >= 11 is 0. The Morgan fingerprint density at radius 1 is 1.06 bits per heavy atom. The number of alkyl carbamates (subject to hydrolysis) is 1. The fourth-order valence-corrected chi connectivity index (χ4v) is 4.27. The van der Waals surface area contributed by atoms with E-state index >= 15 is 0 Å². The molecule has 2 aromatic rings. The van der Waals surface area contributed by atoms with Crippen molar-refractivity contribution in [1.82, 2.24) is 10.6 Å². The third kappa shape index (κ3) is 5.21. The van der Waals surface area contributed by atoms with Gasteiger partial charge in [0.1, 0.15) is 18.2 Å². The monoisotopic (exact) mass is 470 g/mol. The maximum atomic E-state index is 13.0. The van der Waals surface area contributed by atoms with Crippen LogP contribution in [-0.4, -0.2) is 66.7 Å². The molecule has 1 unspecified atom stereocenters. The highest BCUT2D eigenvalue weighted by molar-refractivity contribution is 5.93. The third-order valence-corrected chi connectivity index (χ3v) is 6.14. The topological polar surface area (TPSA) is 134 Å². The number of amides is 2. The smallest absolute Gasteiger partial charge is 0.408 e. The number of ether oxygens (including phenoxy) is 2. The van der Waals surface area contributed by atoms with Crippen molar-refractivity contribution in [3.8, 4) is 11.1 Å². The summed E-state index contributed by atoms with van der Waals surface area (Å²) in [6, 6.07) is 14.6. The maximum Gasteiger partial charge on any atom is 0.408 e. The zero-order valence-electron chi connectivity index (χ0n) is 19.2. The number of fused-ring (bicyclic) bond motifs is 3. The molecule has 0 spiro atoms. The second-order valence-electron chi connectivity index (χ2n) is 8.20. The van der Waals surface area contributed by atoms with Crippen LogP contribution < -0.4 is 10.6 Å². The quantitative estimate of drug-likeness (QED) is 0.396. The zero-order valence-corrected chi connectivity index (χ0v) is 19.2. The minimum Gasteiger partial charge on any atom is -0.480 e. The fraction of sp³-hybridized carbons (Fsp3) is 0.400. The summed E-state index contributed by atoms with van der Waals surface area (Å²) in [5.74, 6) is -2.16. The first kappa shape index (κ1) is 25.2. The lowest BCUT2D eigenvalue weighted by Crippen LogP contribution is -2.63. The molecule has 2 amide bonds. The van der Waals surface area contributed by atoms with Crippen molar-refractivity contribution in [3.63, 3.8) is 0 Å². The van der Waals surface area contributed by atoms with E-state index in [9.17, 15) is 19.5 Å². The van der Waals surface area contributed by atoms with Crippen LogP contribution in [0.4, 0.5) is 4.79 Å². The normalized spacial score (nSPS) is 14.9. The number of carbonyl (C=O) groups is 3. The highest BCUT2D eigenvalue weighted by Crippen LogP contribution is 2.44. The van der Waals surface area contributed by atoms with Gasteiger partial charge >= 0.3 is 12.1 Å². The first-order valence-corrected chi connectivity index (χ1v) is 11.1. The Morgan fingerprint density at radius 3 is 2.15 bits per heavy atom. The van der Waals surface area contributed by atoms with Crippen LogP contribution in [0.2, 0.25) is 0 Å². The summed E-state index contributed by atoms with van der Waals surface area (Å²) in [6.07, 6.45) is -0.855. The molecule has 1 aliphatic carbocycles. The number of carboxylic acid groups (broad SMARTS) is 1. The van der Waals surface area contributed by atoms with E-state index < -0.39 is 36.2 Å². The lowest BCUT2D eigenvalue weighted by molar-refractivity contribution is -0.144. The van der Waals surface area contributed by atoms with E-state index in [4.69, 9.17) is 14.6 Å². The number of aliphatic hydroxyl groups is 1. The number of rotatable bonds is 11. The van der Waals surface area contributed by atoms with Crippen molar-refractivity contribution in [2.75, 3.05) is 26.9 Å². The molecule has 1 aliphatic rings. The van der Waals surface area contributed by atoms with Gasteiger partial charge in [-0.3, -0.25) is 4.79 Å². The summed E-state index contributed by atoms with van der Waals surface area (Å²) in [7, 11) is 1.37. The number of hydrogen-bond donors (Lipinski definition) is 4. The molecule has 34 heavy (non-hydrogen) atoms. The van der Waals surface area contributed by atoms with Gasteiger partial charge in [0.2, 0.25) is 5.91 Å². The number of nitrogens with one attached hydrogen (secondary N) is 2. The number of benzene rings is 2. The van der Waals surface area contributed by atoms with E-state index in [1.54, 1.807) is 6.92 Å². The van der Waals surface area contributed by atoms with Gasteiger partial charge in [-0.25, -0.2) is 9.59 Å². The molecule has 4 N–H and O–H groups in total. The van der Waals surface area contributed by atoms with Crippen molar-refractivity contribution >= 4 is 18.0 Å². The lowest BCUT2D eigenvalue weighted by atomic mass is 9.95. The summed E-state index contributed by atoms with van der Waals surface area (Å²) in [5.41, 5.74) is 2.76. The first-order chi connectivity index (χ1) is 16.4. The Labute approximate surface area is 198 Å². The molecule has 3 rings (SSSR count). The largest absolute Gasteiger partial charge is 0.480 e. The van der Waals surface area contributed by atoms with E-state index in [2.05, 4.69) is 10.6 Å². The highest BCUT2D eigenvalue weighted by atomic mass is 16.5. The summed E-state index contributed by atoms with van der Waals surface area (Å²) in [4.78, 5) is 37.2. The van der Waals surface area contributed by atoms with Crippen molar-refractivity contribution < 1.29 is 34.1 Å². The van der Waals surface area contributed by atoms with Gasteiger partial charge in [-0.2, -0.15) is 0 Å². The average Bonchev–Trinajstić information content (AvgIpc) is 3.15. The van der Waals surface area contributed by atoms with E-state index in [1.165, 1.54) is 7.11 Å². The SMILES string of the molecule is CCC(COC)(NC(=O)OCC1c2ccccc2-c2ccccc21)C(=O)N[C@H](CCO)C(=O)O. The van der Waals surface area contributed by atoms with Gasteiger partial charge in [0.25, 0.3) is 0 Å². The molecule has 0 heterocycles. The Hall–Kier alpha value is -3.43. The molecule has 0 saturated carbocycles. The van der Waals surface area contributed by atoms with Crippen LogP contribution in [0.25, 0.3) is 11.1 Å². The van der Waals surface area contributed by atoms with Crippen molar-refractivity contribution in [2.24, 2.45) is 0 Å². The van der Waals surface area contributed by atoms with Crippen LogP contribution in [0.1, 0.15) is 36.8 Å². The fourth-order valence-electron chi connectivity index (χ4n) is 4.27. The Kier molecular flexibility index (Phi) is 8.25. The van der Waals surface area contributed by atoms with Crippen molar-refractivity contribution in [3.05, 3.63) is 59.7 Å². The van der Waals surface area contributed by atoms with Crippen LogP contribution in [0.15, 0.2) is 48.5 Å². The van der Waals surface area contributed by atoms with Crippen LogP contribution >= 0.6 is 0 Å². The van der Waals surface area contributed by atoms with Gasteiger partial charge in [0, 0.05) is 26.1 Å². The van der Waals surface area contributed by atoms with E-state index in [1.807, 2.05) is 48.5 Å². The van der Waals surface area contributed by atoms with E-state index in [0.29, 0.717) is 0 Å². The summed E-state index contributed by atoms with van der Waals surface area (Å²) < 4.78 is 10.7. The molecular formula is C25H30N2O7. The van der Waals surface area contributed by atoms with Gasteiger partial charge in [0.15, 0.2) is 0 Å². The van der Waals surface area contributed by atoms with E-state index in [-0.39, 0.29) is 32.0 Å². The molecular weight excluding hydrogens is 440 g/mol. The van der Waals surface area contributed by atoms with E-state index in [0.717, 1.165) is 22.3 Å². The number of aliphatic carboxylic acids is 1. The molecule has 0 bridgehead atoms. The minimum atomic E-state index is -1.54. The molecule has 0 radical (unpaired) electrons. The van der Waals surface area contributed by atoms with Gasteiger partial charge in [-0.05, 0) is 28.7 Å². The molecule has 0 aromatic heterocycles. The summed E-state index contributed by atoms with van der Waals surface area (Å²) in [6.45, 7) is 1.13. The molecule has 2 aromatic carbocycles. The highest BCUT2D eigenvalue weighted by Gasteiger charge is 2.41. The van der Waals surface area contributed by atoms with Crippen LogP contribution in [0.3, 0.4) is 0 Å². The molecule has 0 fully saturated rings. The van der Waals surface area contributed by atoms with Crippen LogP contribution in [-0.2, 0) is 19.1 Å². The number of hydrogen-bond acceptors (Lipinski definition) is 6. The Balaban J connectivity index is 1.73. The van der Waals surface area contributed by atoms with Gasteiger partial charge in [-0.1, -0.05) is 55.5 Å². The third-order valence-electron chi connectivity index (χ3n) is 6.14. The van der Waals surface area contributed by atoms with Crippen molar-refractivity contribution in [1.29, 1.82) is 0 Å². The maximum absolute atomic E-state index is 13.0. The number of methoxy groups -OCH3 is 1. The van der Waals surface area contributed by atoms with Gasteiger partial charge in [0.05, 0.1) is 6.61 Å². The van der Waals surface area contributed by atoms with Crippen molar-refractivity contribution in [2.45, 2.75) is 37.3 Å². The molecule has 9 heteroatoms. The standard InChI is InChI=1S/C25H30N2O7/c1-3-25(15-33-2,23(31)26-21(12-13-28)22(29)30)27-24(32)34-14-20-18-10-6-4-8-16(18)17-9-5-7-11-19(17)20/h4-11,20-21,28H,3,12-15H2,1-2H3,(H,26,31)(H,27,32)(H,29,30)/t21-,25?/m1/s1. The van der Waals surface area contributed by atoms with Gasteiger partial charge in [-0.15, -0.1) is 0 Å². The molecule has 182 valence electrons. The number of aliphatic hydroxyl groups excluding tert-OH is 1. The second-order valence-corrected chi connectivity index (χ2v) is 8.20. The Morgan fingerprint density at radius 2 is 1.65 bits per heavy atom. The molecule has 2 atom stereocenters. The minimum absolute atomic E-state index is 0.0660. The second kappa shape index (κ2) is 11.1. The lowest BCUT2D eigenvalue weighted by Gasteiger charge is -2.32. The van der Waals surface area contributed by atoms with Crippen LogP contribution in [0.5, 0.6) is 0 Å². The summed E-state index contributed by atoms with van der Waals surface area (Å²) in [5, 5.41) is 23.4. The molecule has 0 aliphatic heterocycles. The zero-order chi connectivity index (χ0) is 24.7. The molecule has 9 nitrogen and oxygen atoms in total. The molecule has 0 saturated heterocycles.